The van der Waals surface area contributed by atoms with Crippen molar-refractivity contribution < 1.29 is 19.5 Å². The molecule has 3 aliphatic rings. The van der Waals surface area contributed by atoms with Crippen LogP contribution in [0.3, 0.4) is 0 Å². The van der Waals surface area contributed by atoms with Gasteiger partial charge >= 0.3 is 0 Å². The van der Waals surface area contributed by atoms with E-state index in [0.29, 0.717) is 40.7 Å². The van der Waals surface area contributed by atoms with Crippen molar-refractivity contribution >= 4 is 64.3 Å². The fourth-order valence-corrected chi connectivity index (χ4v) is 13.8. The van der Waals surface area contributed by atoms with Crippen LogP contribution < -0.4 is 26.1 Å². The maximum atomic E-state index is 15.1. The van der Waals surface area contributed by atoms with E-state index in [9.17, 15) is 14.7 Å². The van der Waals surface area contributed by atoms with Crippen molar-refractivity contribution in [3.63, 3.8) is 0 Å². The number of allylic oxidation sites excluding steroid dienone is 2. The van der Waals surface area contributed by atoms with Crippen molar-refractivity contribution in [2.45, 2.75) is 143 Å². The fraction of sp³-hybridized carbons (Fsp3) is 0.444. The molecule has 0 spiro atoms. The topological polar surface area (TPSA) is 98.7 Å². The van der Waals surface area contributed by atoms with Crippen LogP contribution in [-0.4, -0.2) is 34.4 Å². The largest absolute Gasteiger partial charge is 0.506 e. The number of unbranched alkanes of at least 4 members (excludes halogenated alkanes) is 2. The highest BCUT2D eigenvalue weighted by atomic mass is 31.1. The van der Waals surface area contributed by atoms with E-state index >= 15 is 4.79 Å². The summed E-state index contributed by atoms with van der Waals surface area (Å²) < 4.78 is 0. The number of anilines is 4. The van der Waals surface area contributed by atoms with Crippen LogP contribution in [0, 0.1) is 16.8 Å². The Morgan fingerprint density at radius 3 is 1.84 bits per heavy atom. The van der Waals surface area contributed by atoms with E-state index < -0.39 is 7.55 Å². The molecule has 5 atom stereocenters. The Bertz CT molecular complexity index is 2540. The molecule has 7 nitrogen and oxygen atoms in total. The summed E-state index contributed by atoms with van der Waals surface area (Å²) in [5, 5.41) is 20.9. The van der Waals surface area contributed by atoms with E-state index in [1.54, 1.807) is 0 Å². The van der Waals surface area contributed by atoms with Crippen molar-refractivity contribution in [2.75, 3.05) is 15.5 Å². The number of ketones is 1. The van der Waals surface area contributed by atoms with E-state index in [2.05, 4.69) is 126 Å². The number of fused-ring (bicyclic) bond motifs is 2. The SMILES string of the molecule is CCCCC(CC)C(=O)Nc1cc2c(cc1C1=C(O)/C(=c3/cc4c(cc3NC(=O)C(CC)CCCC)=[PH](c3ccccc3)C(C)C4(C)C)C1=O)C(C)(C)C(C)N2c1ccccc1. The minimum Gasteiger partial charge on any atom is -0.506 e. The van der Waals surface area contributed by atoms with Crippen LogP contribution in [0.4, 0.5) is 22.7 Å². The number of benzene rings is 4. The molecule has 328 valence electrons. The highest BCUT2D eigenvalue weighted by Crippen LogP contribution is 2.54. The number of aliphatic hydroxyl groups is 1. The standard InChI is InChI=1S/C54H68N3O4P/c1-11-15-23-35(13-3)51(60)55-43-31-45-41(53(7,8)33(5)57(45)37-25-19-17-20-26-37)29-39(43)47-49(58)48(50(47)59)40-30-42-46(32-44(40)56-52(61)36(14-4)24-16-12-2)62(34(6)54(42,9)10)38-27-21-18-22-28-38/h17-22,25-36,58,62H,11-16,23-24H2,1-10H3,(H,55,60)(H,56,61)/b48-40+. The van der Waals surface area contributed by atoms with Crippen molar-refractivity contribution in [3.05, 3.63) is 118 Å². The molecule has 2 amide bonds. The van der Waals surface area contributed by atoms with Gasteiger partial charge in [0.15, 0.2) is 0 Å². The van der Waals surface area contributed by atoms with E-state index in [1.807, 2.05) is 43.3 Å². The van der Waals surface area contributed by atoms with Gasteiger partial charge in [-0.3, -0.25) is 14.4 Å². The molecule has 0 aromatic heterocycles. The zero-order chi connectivity index (χ0) is 44.7. The first-order chi connectivity index (χ1) is 29.6. The quantitative estimate of drug-likeness (QED) is 0.103. The molecule has 4 aromatic carbocycles. The number of amides is 2. The molecule has 5 unspecified atom stereocenters. The lowest BCUT2D eigenvalue weighted by atomic mass is 9.76. The van der Waals surface area contributed by atoms with Crippen molar-refractivity contribution in [2.24, 2.45) is 11.8 Å². The van der Waals surface area contributed by atoms with E-state index in [1.165, 1.54) is 10.2 Å². The van der Waals surface area contributed by atoms with Gasteiger partial charge in [0.2, 0.25) is 17.6 Å². The summed E-state index contributed by atoms with van der Waals surface area (Å²) in [5.41, 5.74) is 5.95. The van der Waals surface area contributed by atoms with Crippen molar-refractivity contribution in [1.82, 2.24) is 0 Å². The summed E-state index contributed by atoms with van der Waals surface area (Å²) in [7, 11) is -1.28. The molecule has 0 saturated heterocycles. The first-order valence-corrected chi connectivity index (χ1v) is 24.8. The maximum Gasteiger partial charge on any atom is 0.227 e. The smallest absolute Gasteiger partial charge is 0.227 e. The zero-order valence-corrected chi connectivity index (χ0v) is 39.7. The molecule has 0 bridgehead atoms. The van der Waals surface area contributed by atoms with E-state index in [4.69, 9.17) is 0 Å². The Balaban J connectivity index is 1.47. The van der Waals surface area contributed by atoms with Gasteiger partial charge in [0.25, 0.3) is 0 Å². The Morgan fingerprint density at radius 1 is 0.726 bits per heavy atom. The van der Waals surface area contributed by atoms with Crippen molar-refractivity contribution in [3.8, 4) is 0 Å². The molecule has 3 N–H and O–H groups in total. The molecule has 62 heavy (non-hydrogen) atoms. The van der Waals surface area contributed by atoms with Gasteiger partial charge in [0.1, 0.15) is 5.76 Å². The number of para-hydroxylation sites is 1. The molecule has 0 fully saturated rings. The molecule has 4 aromatic rings. The van der Waals surface area contributed by atoms with Crippen molar-refractivity contribution in [1.29, 1.82) is 0 Å². The van der Waals surface area contributed by atoms with Gasteiger partial charge in [-0.25, -0.2) is 0 Å². The average Bonchev–Trinajstić information content (AvgIpc) is 3.57. The first-order valence-electron chi connectivity index (χ1n) is 23.2. The third kappa shape index (κ3) is 7.89. The van der Waals surface area contributed by atoms with Crippen LogP contribution in [0.1, 0.15) is 137 Å². The van der Waals surface area contributed by atoms with Crippen LogP contribution in [0.25, 0.3) is 11.1 Å². The number of rotatable bonds is 15. The number of hydrogen-bond donors (Lipinski definition) is 3. The molecule has 7 rings (SSSR count). The second-order valence-electron chi connectivity index (χ2n) is 19.1. The molecule has 0 saturated carbocycles. The Labute approximate surface area is 370 Å². The Kier molecular flexibility index (Phi) is 13.2. The minimum atomic E-state index is -1.28. The van der Waals surface area contributed by atoms with Gasteiger partial charge in [-0.2, -0.15) is 0 Å². The lowest BCUT2D eigenvalue weighted by molar-refractivity contribution is -0.121. The van der Waals surface area contributed by atoms with E-state index in [0.717, 1.165) is 61.0 Å². The normalized spacial score (nSPS) is 21.5. The van der Waals surface area contributed by atoms with Crippen LogP contribution in [0.5, 0.6) is 0 Å². The monoisotopic (exact) mass is 853 g/mol. The summed E-state index contributed by atoms with van der Waals surface area (Å²) in [6.07, 6.45) is 6.86. The second kappa shape index (κ2) is 18.1. The Morgan fingerprint density at radius 2 is 1.29 bits per heavy atom. The number of carbonyl (C=O) groups is 3. The summed E-state index contributed by atoms with van der Waals surface area (Å²) in [4.78, 5) is 46.8. The van der Waals surface area contributed by atoms with Gasteiger partial charge < -0.3 is 20.6 Å². The highest BCUT2D eigenvalue weighted by Gasteiger charge is 2.46. The summed E-state index contributed by atoms with van der Waals surface area (Å²) in [6.45, 7) is 21.9. The Hall–Kier alpha value is -4.87. The minimum absolute atomic E-state index is 0.0587. The molecular weight excluding hydrogens is 786 g/mol. The molecule has 2 aliphatic heterocycles. The first kappa shape index (κ1) is 45.2. The van der Waals surface area contributed by atoms with Crippen LogP contribution >= 0.6 is 7.55 Å². The zero-order valence-electron chi connectivity index (χ0n) is 38.7. The number of hydrogen-bond acceptors (Lipinski definition) is 5. The number of carbonyl (C=O) groups excluding carboxylic acids is 3. The van der Waals surface area contributed by atoms with Gasteiger partial charge in [-0.05, 0) is 101 Å². The molecule has 0 radical (unpaired) electrons. The molecular formula is C54H68N3O4P. The maximum absolute atomic E-state index is 15.1. The number of nitrogens with one attached hydrogen (secondary N) is 2. The van der Waals surface area contributed by atoms with Crippen LogP contribution in [0.15, 0.2) is 90.7 Å². The van der Waals surface area contributed by atoms with Gasteiger partial charge in [0.05, 0.1) is 16.8 Å². The summed E-state index contributed by atoms with van der Waals surface area (Å²) in [6, 6.07) is 29.3. The third-order valence-corrected chi connectivity index (χ3v) is 18.4. The lowest BCUT2D eigenvalue weighted by Crippen LogP contribution is -2.36. The number of aliphatic hydroxyl groups excluding tert-OH is 1. The number of nitrogens with zero attached hydrogens (tertiary/aromatic N) is 1. The predicted molar refractivity (Wildman–Crippen MR) is 261 cm³/mol. The predicted octanol–water partition coefficient (Wildman–Crippen LogP) is 12.0. The van der Waals surface area contributed by atoms with Crippen LogP contribution in [-0.2, 0) is 25.2 Å². The summed E-state index contributed by atoms with van der Waals surface area (Å²) in [5.74, 6) is -0.917. The van der Waals surface area contributed by atoms with Gasteiger partial charge in [-0.15, -0.1) is 0 Å². The fourth-order valence-electron chi connectivity index (χ4n) is 10.2. The van der Waals surface area contributed by atoms with E-state index in [-0.39, 0.29) is 63.2 Å². The van der Waals surface area contributed by atoms with Crippen LogP contribution in [0.2, 0.25) is 0 Å². The second-order valence-corrected chi connectivity index (χ2v) is 21.9. The van der Waals surface area contributed by atoms with Gasteiger partial charge in [0, 0.05) is 51.1 Å². The molecule has 1 aliphatic carbocycles. The summed E-state index contributed by atoms with van der Waals surface area (Å²) >= 11 is 0. The highest BCUT2D eigenvalue weighted by molar-refractivity contribution is 7.59. The third-order valence-electron chi connectivity index (χ3n) is 14.8. The van der Waals surface area contributed by atoms with Gasteiger partial charge in [-0.1, -0.05) is 144 Å². The molecule has 8 heteroatoms. The average molecular weight is 854 g/mol. The lowest BCUT2D eigenvalue weighted by Gasteiger charge is -2.31. The molecule has 2 heterocycles. The number of Topliss-reactive ketones (excluding diaryl/α,β-unsaturated/α-hetero) is 1.